The largest absolute Gasteiger partial charge is 0.348 e. The molecule has 0 aromatic heterocycles. The van der Waals surface area contributed by atoms with Crippen LogP contribution in [0.4, 0.5) is 0 Å². The third-order valence-electron chi connectivity index (χ3n) is 5.35. The Bertz CT molecular complexity index is 565. The minimum absolute atomic E-state index is 0.0599. The van der Waals surface area contributed by atoms with Gasteiger partial charge in [-0.15, -0.1) is 0 Å². The van der Waals surface area contributed by atoms with E-state index >= 15 is 0 Å². The van der Waals surface area contributed by atoms with Gasteiger partial charge in [0.25, 0.3) is 0 Å². The number of nitrogens with one attached hydrogen (secondary N) is 1. The molecule has 1 saturated carbocycles. The van der Waals surface area contributed by atoms with E-state index in [0.717, 1.165) is 25.1 Å². The molecule has 1 saturated heterocycles. The molecule has 126 valence electrons. The Morgan fingerprint density at radius 1 is 1.39 bits per heavy atom. The molecule has 0 radical (unpaired) electrons. The molecule has 1 aromatic carbocycles. The van der Waals surface area contributed by atoms with Gasteiger partial charge in [-0.1, -0.05) is 36.2 Å². The monoisotopic (exact) mass is 335 g/mol. The summed E-state index contributed by atoms with van der Waals surface area (Å²) in [5.41, 5.74) is 7.20. The fourth-order valence-corrected chi connectivity index (χ4v) is 4.43. The first kappa shape index (κ1) is 16.7. The van der Waals surface area contributed by atoms with Crippen LogP contribution in [0, 0.1) is 11.8 Å². The molecular weight excluding hydrogens is 310 g/mol. The van der Waals surface area contributed by atoms with Crippen LogP contribution in [0.5, 0.6) is 0 Å². The number of nitrogens with zero attached hydrogens (tertiary/aromatic N) is 1. The maximum atomic E-state index is 12.4. The number of halogens is 1. The van der Waals surface area contributed by atoms with Crippen molar-refractivity contribution < 1.29 is 4.79 Å². The third kappa shape index (κ3) is 3.87. The van der Waals surface area contributed by atoms with E-state index in [1.54, 1.807) is 0 Å². The summed E-state index contributed by atoms with van der Waals surface area (Å²) in [7, 11) is 0. The van der Waals surface area contributed by atoms with E-state index in [1.807, 2.05) is 31.2 Å². The fourth-order valence-electron chi connectivity index (χ4n) is 4.13. The Morgan fingerprint density at radius 3 is 2.91 bits per heavy atom. The Morgan fingerprint density at radius 2 is 2.17 bits per heavy atom. The molecule has 2 aliphatic rings. The quantitative estimate of drug-likeness (QED) is 0.889. The zero-order valence-electron chi connectivity index (χ0n) is 13.7. The zero-order chi connectivity index (χ0) is 16.4. The molecule has 1 aliphatic carbocycles. The smallest absolute Gasteiger partial charge is 0.234 e. The summed E-state index contributed by atoms with van der Waals surface area (Å²) < 4.78 is 0. The molecule has 5 heteroatoms. The molecular formula is C18H26ClN3O. The fraction of sp³-hybridized carbons (Fsp3) is 0.611. The van der Waals surface area contributed by atoms with Gasteiger partial charge in [0.1, 0.15) is 0 Å². The number of amides is 1. The average molecular weight is 336 g/mol. The van der Waals surface area contributed by atoms with Crippen LogP contribution in [0.15, 0.2) is 24.3 Å². The first-order chi connectivity index (χ1) is 11.0. The van der Waals surface area contributed by atoms with Crippen molar-refractivity contribution in [1.29, 1.82) is 0 Å². The van der Waals surface area contributed by atoms with E-state index < -0.39 is 0 Å². The van der Waals surface area contributed by atoms with E-state index in [2.05, 4.69) is 10.2 Å². The van der Waals surface area contributed by atoms with Gasteiger partial charge in [0.2, 0.25) is 5.91 Å². The highest BCUT2D eigenvalue weighted by atomic mass is 35.5. The van der Waals surface area contributed by atoms with E-state index in [1.165, 1.54) is 12.8 Å². The van der Waals surface area contributed by atoms with Gasteiger partial charge >= 0.3 is 0 Å². The topological polar surface area (TPSA) is 58.4 Å². The lowest BCUT2D eigenvalue weighted by atomic mass is 9.78. The maximum absolute atomic E-state index is 12.4. The summed E-state index contributed by atoms with van der Waals surface area (Å²) in [5.74, 6) is 1.30. The Hall–Kier alpha value is -1.10. The molecule has 3 rings (SSSR count). The molecule has 1 amide bonds. The van der Waals surface area contributed by atoms with Crippen molar-refractivity contribution in [1.82, 2.24) is 10.2 Å². The van der Waals surface area contributed by atoms with Crippen molar-refractivity contribution in [2.24, 2.45) is 17.6 Å². The minimum Gasteiger partial charge on any atom is -0.348 e. The normalized spacial score (nSPS) is 29.1. The van der Waals surface area contributed by atoms with Crippen LogP contribution >= 0.6 is 11.6 Å². The number of hydrogen-bond acceptors (Lipinski definition) is 3. The lowest BCUT2D eigenvalue weighted by Gasteiger charge is -2.29. The molecule has 1 aliphatic heterocycles. The van der Waals surface area contributed by atoms with Crippen LogP contribution in [0.2, 0.25) is 5.02 Å². The molecule has 0 bridgehead atoms. The number of carbonyl (C=O) groups excluding carboxylic acids is 1. The van der Waals surface area contributed by atoms with Gasteiger partial charge in [-0.05, 0) is 43.2 Å². The van der Waals surface area contributed by atoms with Crippen molar-refractivity contribution in [3.8, 4) is 0 Å². The molecule has 1 heterocycles. The van der Waals surface area contributed by atoms with Crippen molar-refractivity contribution in [3.05, 3.63) is 34.9 Å². The summed E-state index contributed by atoms with van der Waals surface area (Å²) in [6.07, 6.45) is 3.61. The van der Waals surface area contributed by atoms with Crippen LogP contribution < -0.4 is 11.1 Å². The highest BCUT2D eigenvalue weighted by molar-refractivity contribution is 6.31. The Kier molecular flexibility index (Phi) is 5.24. The number of nitrogens with two attached hydrogens (primary N) is 1. The van der Waals surface area contributed by atoms with Gasteiger partial charge in [-0.2, -0.15) is 0 Å². The van der Waals surface area contributed by atoms with E-state index in [0.29, 0.717) is 29.4 Å². The number of carbonyl (C=O) groups is 1. The predicted octanol–water partition coefficient (Wildman–Crippen LogP) is 2.58. The van der Waals surface area contributed by atoms with Gasteiger partial charge in [0.15, 0.2) is 0 Å². The second-order valence-corrected chi connectivity index (χ2v) is 7.43. The molecule has 4 atom stereocenters. The van der Waals surface area contributed by atoms with Crippen molar-refractivity contribution in [2.75, 3.05) is 19.6 Å². The summed E-state index contributed by atoms with van der Waals surface area (Å²) in [6.45, 7) is 4.39. The number of fused-ring (bicyclic) bond motifs is 1. The number of likely N-dealkylation sites (tertiary alicyclic amines) is 1. The molecule has 1 aromatic rings. The lowest BCUT2D eigenvalue weighted by Crippen LogP contribution is -2.39. The maximum Gasteiger partial charge on any atom is 0.234 e. The molecule has 3 N–H and O–H groups in total. The molecule has 23 heavy (non-hydrogen) atoms. The Balaban J connectivity index is 1.53. The summed E-state index contributed by atoms with van der Waals surface area (Å²) in [4.78, 5) is 14.6. The molecule has 2 fully saturated rings. The molecule has 4 nitrogen and oxygen atoms in total. The summed E-state index contributed by atoms with van der Waals surface area (Å²) >= 11 is 6.20. The van der Waals surface area contributed by atoms with E-state index in [-0.39, 0.29) is 11.9 Å². The van der Waals surface area contributed by atoms with Crippen molar-refractivity contribution >= 4 is 17.5 Å². The van der Waals surface area contributed by atoms with Crippen LogP contribution in [0.25, 0.3) is 0 Å². The minimum atomic E-state index is -0.0802. The Labute approximate surface area is 143 Å². The second kappa shape index (κ2) is 7.20. The third-order valence-corrected chi connectivity index (χ3v) is 5.69. The van der Waals surface area contributed by atoms with E-state index in [9.17, 15) is 4.79 Å². The summed E-state index contributed by atoms with van der Waals surface area (Å²) in [6, 6.07) is 7.88. The summed E-state index contributed by atoms with van der Waals surface area (Å²) in [5, 5.41) is 3.75. The first-order valence-corrected chi connectivity index (χ1v) is 8.94. The van der Waals surface area contributed by atoms with Gasteiger partial charge in [-0.3, -0.25) is 9.69 Å². The van der Waals surface area contributed by atoms with Crippen molar-refractivity contribution in [2.45, 2.75) is 38.3 Å². The van der Waals surface area contributed by atoms with Gasteiger partial charge in [0.05, 0.1) is 12.6 Å². The number of hydrogen-bond donors (Lipinski definition) is 2. The zero-order valence-corrected chi connectivity index (χ0v) is 14.4. The standard InChI is InChI=1S/C18H26ClN3O/c1-12(14-6-2-3-7-16(14)19)21-18(23)11-22-9-13-5-4-8-17(20)15(13)10-22/h2-3,6-7,12-13,15,17H,4-5,8-11,20H2,1H3,(H,21,23). The van der Waals surface area contributed by atoms with Gasteiger partial charge in [0, 0.05) is 24.2 Å². The molecule has 4 unspecified atom stereocenters. The van der Waals surface area contributed by atoms with Crippen LogP contribution in [-0.4, -0.2) is 36.5 Å². The lowest BCUT2D eigenvalue weighted by molar-refractivity contribution is -0.122. The van der Waals surface area contributed by atoms with Gasteiger partial charge in [-0.25, -0.2) is 0 Å². The van der Waals surface area contributed by atoms with Gasteiger partial charge < -0.3 is 11.1 Å². The molecule has 0 spiro atoms. The number of rotatable bonds is 4. The predicted molar refractivity (Wildman–Crippen MR) is 93.3 cm³/mol. The van der Waals surface area contributed by atoms with Crippen LogP contribution in [-0.2, 0) is 4.79 Å². The van der Waals surface area contributed by atoms with Crippen LogP contribution in [0.3, 0.4) is 0 Å². The number of benzene rings is 1. The van der Waals surface area contributed by atoms with Crippen LogP contribution in [0.1, 0.15) is 37.8 Å². The van der Waals surface area contributed by atoms with E-state index in [4.69, 9.17) is 17.3 Å². The highest BCUT2D eigenvalue weighted by Crippen LogP contribution is 2.35. The highest BCUT2D eigenvalue weighted by Gasteiger charge is 2.39. The SMILES string of the molecule is CC(NC(=O)CN1CC2CCCC(N)C2C1)c1ccccc1Cl. The van der Waals surface area contributed by atoms with Crippen molar-refractivity contribution in [3.63, 3.8) is 0 Å². The average Bonchev–Trinajstić information content (AvgIpc) is 2.91. The second-order valence-electron chi connectivity index (χ2n) is 7.02. The first-order valence-electron chi connectivity index (χ1n) is 8.56.